The van der Waals surface area contributed by atoms with Crippen LogP contribution in [-0.2, 0) is 6.54 Å². The lowest BCUT2D eigenvalue weighted by atomic mass is 10.1. The Bertz CT molecular complexity index is 854. The maximum absolute atomic E-state index is 14.4. The van der Waals surface area contributed by atoms with Crippen molar-refractivity contribution in [3.05, 3.63) is 52.3 Å². The van der Waals surface area contributed by atoms with Gasteiger partial charge in [0.1, 0.15) is 5.82 Å². The number of amides is 1. The summed E-state index contributed by atoms with van der Waals surface area (Å²) in [5.74, 6) is 0.0858. The fraction of sp³-hybridized carbons (Fsp3) is 0.381. The van der Waals surface area contributed by atoms with E-state index < -0.39 is 0 Å². The summed E-state index contributed by atoms with van der Waals surface area (Å²) >= 11 is 6.24. The number of nitrogens with zero attached hydrogens (tertiary/aromatic N) is 1. The summed E-state index contributed by atoms with van der Waals surface area (Å²) in [6.45, 7) is 4.15. The Morgan fingerprint density at radius 3 is 2.71 bits per heavy atom. The summed E-state index contributed by atoms with van der Waals surface area (Å²) in [5.41, 5.74) is 1.64. The lowest BCUT2D eigenvalue weighted by molar-refractivity contribution is 0.0950. The van der Waals surface area contributed by atoms with Crippen LogP contribution in [0.1, 0.15) is 35.7 Å². The van der Waals surface area contributed by atoms with Gasteiger partial charge in [0.2, 0.25) is 0 Å². The van der Waals surface area contributed by atoms with E-state index in [1.807, 2.05) is 13.0 Å². The van der Waals surface area contributed by atoms with Crippen LogP contribution < -0.4 is 19.7 Å². The van der Waals surface area contributed by atoms with Crippen molar-refractivity contribution in [2.24, 2.45) is 0 Å². The smallest absolute Gasteiger partial charge is 0.251 e. The summed E-state index contributed by atoms with van der Waals surface area (Å²) in [6.07, 6.45) is 2.18. The van der Waals surface area contributed by atoms with Gasteiger partial charge in [0.25, 0.3) is 5.91 Å². The molecular formula is C21H24ClFN2O3. The van der Waals surface area contributed by atoms with Crippen molar-refractivity contribution in [3.8, 4) is 11.5 Å². The highest BCUT2D eigenvalue weighted by Crippen LogP contribution is 2.36. The maximum Gasteiger partial charge on any atom is 0.251 e. The minimum absolute atomic E-state index is 0.0878. The Balaban J connectivity index is 1.79. The minimum atomic E-state index is -0.362. The van der Waals surface area contributed by atoms with Crippen molar-refractivity contribution in [3.63, 3.8) is 0 Å². The van der Waals surface area contributed by atoms with Gasteiger partial charge < -0.3 is 19.7 Å². The summed E-state index contributed by atoms with van der Waals surface area (Å²) in [5, 5.41) is 3.08. The molecule has 0 spiro atoms. The van der Waals surface area contributed by atoms with Crippen LogP contribution in [0.2, 0.25) is 5.02 Å². The molecule has 2 aromatic rings. The summed E-state index contributed by atoms with van der Waals surface area (Å²) < 4.78 is 25.2. The average Bonchev–Trinajstić information content (AvgIpc) is 3.22. The maximum atomic E-state index is 14.4. The first kappa shape index (κ1) is 20.3. The molecule has 150 valence electrons. The van der Waals surface area contributed by atoms with Crippen LogP contribution in [0, 0.1) is 5.82 Å². The van der Waals surface area contributed by atoms with E-state index in [4.69, 9.17) is 21.1 Å². The van der Waals surface area contributed by atoms with E-state index in [9.17, 15) is 9.18 Å². The number of nitrogens with one attached hydrogen (secondary N) is 1. The highest BCUT2D eigenvalue weighted by molar-refractivity contribution is 6.32. The zero-order valence-electron chi connectivity index (χ0n) is 16.1. The second kappa shape index (κ2) is 9.15. The number of hydrogen-bond donors (Lipinski definition) is 1. The molecule has 1 heterocycles. The molecule has 28 heavy (non-hydrogen) atoms. The van der Waals surface area contributed by atoms with E-state index >= 15 is 0 Å². The number of anilines is 1. The van der Waals surface area contributed by atoms with Crippen molar-refractivity contribution >= 4 is 23.2 Å². The average molecular weight is 407 g/mol. The molecule has 2 aromatic carbocycles. The molecule has 0 saturated carbocycles. The van der Waals surface area contributed by atoms with Gasteiger partial charge in [-0.15, -0.1) is 0 Å². The van der Waals surface area contributed by atoms with E-state index in [2.05, 4.69) is 10.2 Å². The van der Waals surface area contributed by atoms with Gasteiger partial charge in [-0.25, -0.2) is 4.39 Å². The molecule has 7 heteroatoms. The van der Waals surface area contributed by atoms with E-state index in [0.29, 0.717) is 29.2 Å². The molecule has 1 saturated heterocycles. The Labute approximate surface area is 169 Å². The molecule has 1 amide bonds. The van der Waals surface area contributed by atoms with Gasteiger partial charge in [-0.3, -0.25) is 4.79 Å². The third-order valence-electron chi connectivity index (χ3n) is 4.75. The van der Waals surface area contributed by atoms with Gasteiger partial charge in [0, 0.05) is 36.4 Å². The molecule has 0 bridgehead atoms. The number of halogens is 2. The van der Waals surface area contributed by atoms with E-state index in [1.54, 1.807) is 12.1 Å². The molecule has 3 rings (SSSR count). The summed E-state index contributed by atoms with van der Waals surface area (Å²) in [4.78, 5) is 14.8. The van der Waals surface area contributed by atoms with E-state index in [1.165, 1.54) is 19.2 Å². The van der Waals surface area contributed by atoms with E-state index in [-0.39, 0.29) is 23.3 Å². The fourth-order valence-corrected chi connectivity index (χ4v) is 3.65. The number of carbonyl (C=O) groups excluding carboxylic acids is 1. The van der Waals surface area contributed by atoms with Gasteiger partial charge in [-0.1, -0.05) is 17.7 Å². The van der Waals surface area contributed by atoms with Gasteiger partial charge in [0.15, 0.2) is 11.5 Å². The Kier molecular flexibility index (Phi) is 6.62. The minimum Gasteiger partial charge on any atom is -0.493 e. The Morgan fingerprint density at radius 2 is 2.04 bits per heavy atom. The predicted molar refractivity (Wildman–Crippen MR) is 108 cm³/mol. The first-order valence-electron chi connectivity index (χ1n) is 9.36. The van der Waals surface area contributed by atoms with Crippen LogP contribution >= 0.6 is 11.6 Å². The van der Waals surface area contributed by atoms with Crippen LogP contribution in [-0.4, -0.2) is 32.7 Å². The Hall–Kier alpha value is -2.47. The van der Waals surface area contributed by atoms with Crippen molar-refractivity contribution in [2.75, 3.05) is 31.7 Å². The molecule has 0 atom stereocenters. The first-order chi connectivity index (χ1) is 13.5. The molecule has 1 fully saturated rings. The SMILES string of the molecule is CCOc1c(Cl)cc(C(=O)NCc2c(F)cccc2N2CCCC2)cc1OC. The van der Waals surface area contributed by atoms with Crippen LogP contribution in [0.5, 0.6) is 11.5 Å². The Morgan fingerprint density at radius 1 is 1.29 bits per heavy atom. The molecule has 0 aromatic heterocycles. The van der Waals surface area contributed by atoms with Crippen molar-refractivity contribution in [1.82, 2.24) is 5.32 Å². The van der Waals surface area contributed by atoms with Crippen LogP contribution in [0.4, 0.5) is 10.1 Å². The number of ether oxygens (including phenoxy) is 2. The number of rotatable bonds is 7. The molecule has 0 unspecified atom stereocenters. The summed E-state index contributed by atoms with van der Waals surface area (Å²) in [6, 6.07) is 8.10. The van der Waals surface area contributed by atoms with Crippen LogP contribution in [0.15, 0.2) is 30.3 Å². The van der Waals surface area contributed by atoms with Gasteiger partial charge in [-0.05, 0) is 44.0 Å². The zero-order valence-corrected chi connectivity index (χ0v) is 16.8. The van der Waals surface area contributed by atoms with E-state index in [0.717, 1.165) is 31.6 Å². The fourth-order valence-electron chi connectivity index (χ4n) is 3.38. The number of hydrogen-bond acceptors (Lipinski definition) is 4. The van der Waals surface area contributed by atoms with Crippen molar-refractivity contribution in [2.45, 2.75) is 26.3 Å². The predicted octanol–water partition coefficient (Wildman–Crippen LogP) is 4.42. The lowest BCUT2D eigenvalue weighted by Gasteiger charge is -2.22. The van der Waals surface area contributed by atoms with Crippen molar-refractivity contribution < 1.29 is 18.7 Å². The second-order valence-electron chi connectivity index (χ2n) is 6.54. The third-order valence-corrected chi connectivity index (χ3v) is 5.03. The molecule has 1 aliphatic heterocycles. The molecule has 5 nitrogen and oxygen atoms in total. The van der Waals surface area contributed by atoms with Crippen LogP contribution in [0.25, 0.3) is 0 Å². The number of carbonyl (C=O) groups is 1. The zero-order chi connectivity index (χ0) is 20.1. The molecular weight excluding hydrogens is 383 g/mol. The lowest BCUT2D eigenvalue weighted by Crippen LogP contribution is -2.26. The van der Waals surface area contributed by atoms with Gasteiger partial charge in [0.05, 0.1) is 18.7 Å². The second-order valence-corrected chi connectivity index (χ2v) is 6.94. The normalized spacial score (nSPS) is 13.5. The van der Waals surface area contributed by atoms with Gasteiger partial charge in [-0.2, -0.15) is 0 Å². The highest BCUT2D eigenvalue weighted by atomic mass is 35.5. The molecule has 1 aliphatic rings. The standard InChI is InChI=1S/C21H24ClFN2O3/c1-3-28-20-16(22)11-14(12-19(20)27-2)21(26)24-13-15-17(23)7-6-8-18(15)25-9-4-5-10-25/h6-8,11-12H,3-5,9-10,13H2,1-2H3,(H,24,26). The van der Waals surface area contributed by atoms with Crippen molar-refractivity contribution in [1.29, 1.82) is 0 Å². The third kappa shape index (κ3) is 4.33. The summed E-state index contributed by atoms with van der Waals surface area (Å²) in [7, 11) is 1.48. The molecule has 0 radical (unpaired) electrons. The molecule has 0 aliphatic carbocycles. The monoisotopic (exact) mass is 406 g/mol. The molecule has 1 N–H and O–H groups in total. The topological polar surface area (TPSA) is 50.8 Å². The van der Waals surface area contributed by atoms with Crippen LogP contribution in [0.3, 0.4) is 0 Å². The number of benzene rings is 2. The largest absolute Gasteiger partial charge is 0.493 e. The van der Waals surface area contributed by atoms with Gasteiger partial charge >= 0.3 is 0 Å². The number of methoxy groups -OCH3 is 1. The highest BCUT2D eigenvalue weighted by Gasteiger charge is 2.20. The first-order valence-corrected chi connectivity index (χ1v) is 9.73. The quantitative estimate of drug-likeness (QED) is 0.739.